The van der Waals surface area contributed by atoms with Gasteiger partial charge in [0.25, 0.3) is 5.91 Å². The summed E-state index contributed by atoms with van der Waals surface area (Å²) in [6, 6.07) is 12.4. The molecule has 2 aromatic carbocycles. The lowest BCUT2D eigenvalue weighted by Gasteiger charge is -2.16. The number of benzene rings is 2. The quantitative estimate of drug-likeness (QED) is 0.886. The van der Waals surface area contributed by atoms with Gasteiger partial charge in [0.15, 0.2) is 6.10 Å². The van der Waals surface area contributed by atoms with E-state index in [4.69, 9.17) is 21.4 Å². The van der Waals surface area contributed by atoms with E-state index in [1.54, 1.807) is 43.3 Å². The number of ether oxygens (including phenoxy) is 1. The molecule has 1 atom stereocenters. The summed E-state index contributed by atoms with van der Waals surface area (Å²) in [6.07, 6.45) is -0.697. The molecule has 1 unspecified atom stereocenters. The second-order valence-electron chi connectivity index (χ2n) is 5.04. The van der Waals surface area contributed by atoms with Crippen molar-refractivity contribution < 1.29 is 14.6 Å². The lowest BCUT2D eigenvalue weighted by atomic mass is 10.2. The molecular weight excluding hydrogens is 302 g/mol. The Kier molecular flexibility index (Phi) is 5.41. The van der Waals surface area contributed by atoms with Crippen molar-refractivity contribution in [3.05, 3.63) is 58.6 Å². The maximum atomic E-state index is 12.2. The highest BCUT2D eigenvalue weighted by molar-refractivity contribution is 6.32. The third-order valence-electron chi connectivity index (χ3n) is 3.14. The highest BCUT2D eigenvalue weighted by Gasteiger charge is 2.16. The summed E-state index contributed by atoms with van der Waals surface area (Å²) in [5.74, 6) is 0.195. The van der Waals surface area contributed by atoms with E-state index in [0.717, 1.165) is 11.1 Å². The van der Waals surface area contributed by atoms with Crippen LogP contribution in [0.2, 0.25) is 5.02 Å². The van der Waals surface area contributed by atoms with Crippen molar-refractivity contribution in [2.24, 2.45) is 0 Å². The number of halogens is 1. The average Bonchev–Trinajstić information content (AvgIpc) is 2.51. The number of carbonyl (C=O) groups is 1. The largest absolute Gasteiger partial charge is 0.479 e. The van der Waals surface area contributed by atoms with E-state index in [9.17, 15) is 4.79 Å². The predicted molar refractivity (Wildman–Crippen MR) is 87.3 cm³/mol. The minimum Gasteiger partial charge on any atom is -0.479 e. The smallest absolute Gasteiger partial charge is 0.265 e. The number of hydrogen-bond donors (Lipinski definition) is 2. The van der Waals surface area contributed by atoms with Gasteiger partial charge in [0.05, 0.1) is 11.6 Å². The van der Waals surface area contributed by atoms with Gasteiger partial charge in [-0.3, -0.25) is 4.79 Å². The summed E-state index contributed by atoms with van der Waals surface area (Å²) in [5.41, 5.74) is 2.35. The van der Waals surface area contributed by atoms with Crippen molar-refractivity contribution in [1.29, 1.82) is 0 Å². The van der Waals surface area contributed by atoms with Crippen LogP contribution in [0.5, 0.6) is 5.75 Å². The Labute approximate surface area is 134 Å². The first kappa shape index (κ1) is 16.3. The first-order chi connectivity index (χ1) is 10.5. The Hall–Kier alpha value is -2.04. The molecule has 0 aliphatic rings. The van der Waals surface area contributed by atoms with Crippen LogP contribution < -0.4 is 10.1 Å². The van der Waals surface area contributed by atoms with Gasteiger partial charge in [0, 0.05) is 5.69 Å². The molecule has 2 aromatic rings. The Morgan fingerprint density at radius 3 is 2.82 bits per heavy atom. The molecule has 22 heavy (non-hydrogen) atoms. The number of aliphatic hydroxyl groups excluding tert-OH is 1. The van der Waals surface area contributed by atoms with Crippen molar-refractivity contribution in [3.63, 3.8) is 0 Å². The highest BCUT2D eigenvalue weighted by atomic mass is 35.5. The second kappa shape index (κ2) is 7.29. The molecule has 2 rings (SSSR count). The molecule has 0 fully saturated rings. The zero-order valence-electron chi connectivity index (χ0n) is 12.5. The molecule has 0 aliphatic carbocycles. The van der Waals surface area contributed by atoms with Gasteiger partial charge in [-0.25, -0.2) is 0 Å². The van der Waals surface area contributed by atoms with Crippen LogP contribution in [0.4, 0.5) is 5.69 Å². The molecule has 0 saturated carbocycles. The standard InChI is InChI=1S/C17H18ClNO3/c1-11-6-7-15(18)16(8-11)22-12(2)17(21)19-14-5-3-4-13(9-14)10-20/h3-9,12,20H,10H2,1-2H3,(H,19,21). The number of aliphatic hydroxyl groups is 1. The summed E-state index contributed by atoms with van der Waals surface area (Å²) in [7, 11) is 0. The Balaban J connectivity index is 2.04. The molecule has 0 bridgehead atoms. The van der Waals surface area contributed by atoms with Crippen LogP contribution in [0.25, 0.3) is 0 Å². The van der Waals surface area contributed by atoms with Gasteiger partial charge in [-0.2, -0.15) is 0 Å². The Bertz CT molecular complexity index is 673. The monoisotopic (exact) mass is 319 g/mol. The topological polar surface area (TPSA) is 58.6 Å². The first-order valence-corrected chi connectivity index (χ1v) is 7.31. The van der Waals surface area contributed by atoms with E-state index in [2.05, 4.69) is 5.32 Å². The Morgan fingerprint density at radius 1 is 1.32 bits per heavy atom. The minimum atomic E-state index is -0.697. The lowest BCUT2D eigenvalue weighted by Crippen LogP contribution is -2.30. The molecule has 0 aliphatic heterocycles. The summed E-state index contributed by atoms with van der Waals surface area (Å²) in [5, 5.41) is 12.3. The van der Waals surface area contributed by atoms with Crippen LogP contribution in [0.15, 0.2) is 42.5 Å². The highest BCUT2D eigenvalue weighted by Crippen LogP contribution is 2.26. The van der Waals surface area contributed by atoms with Crippen molar-refractivity contribution >= 4 is 23.2 Å². The number of anilines is 1. The number of amides is 1. The number of nitrogens with one attached hydrogen (secondary N) is 1. The maximum Gasteiger partial charge on any atom is 0.265 e. The minimum absolute atomic E-state index is 0.0747. The van der Waals surface area contributed by atoms with Crippen molar-refractivity contribution in [2.75, 3.05) is 5.32 Å². The summed E-state index contributed by atoms with van der Waals surface area (Å²) in [6.45, 7) is 3.51. The van der Waals surface area contributed by atoms with E-state index in [0.29, 0.717) is 16.5 Å². The first-order valence-electron chi connectivity index (χ1n) is 6.93. The van der Waals surface area contributed by atoms with Crippen LogP contribution in [0.1, 0.15) is 18.1 Å². The van der Waals surface area contributed by atoms with Gasteiger partial charge < -0.3 is 15.2 Å². The molecule has 0 aromatic heterocycles. The predicted octanol–water partition coefficient (Wildman–Crippen LogP) is 3.55. The average molecular weight is 320 g/mol. The van der Waals surface area contributed by atoms with E-state index in [-0.39, 0.29) is 12.5 Å². The fraction of sp³-hybridized carbons (Fsp3) is 0.235. The third kappa shape index (κ3) is 4.23. The summed E-state index contributed by atoms with van der Waals surface area (Å²) >= 11 is 6.06. The molecule has 5 heteroatoms. The normalized spacial score (nSPS) is 11.8. The van der Waals surface area contributed by atoms with Gasteiger partial charge in [-0.15, -0.1) is 0 Å². The number of aryl methyl sites for hydroxylation is 1. The lowest BCUT2D eigenvalue weighted by molar-refractivity contribution is -0.122. The Morgan fingerprint density at radius 2 is 2.09 bits per heavy atom. The number of rotatable bonds is 5. The van der Waals surface area contributed by atoms with Crippen LogP contribution in [-0.2, 0) is 11.4 Å². The molecule has 1 amide bonds. The van der Waals surface area contributed by atoms with E-state index in [1.165, 1.54) is 0 Å². The number of carbonyl (C=O) groups excluding carboxylic acids is 1. The van der Waals surface area contributed by atoms with Gasteiger partial charge >= 0.3 is 0 Å². The molecule has 4 nitrogen and oxygen atoms in total. The fourth-order valence-corrected chi connectivity index (χ4v) is 2.10. The van der Waals surface area contributed by atoms with Gasteiger partial charge in [-0.05, 0) is 49.2 Å². The third-order valence-corrected chi connectivity index (χ3v) is 3.45. The van der Waals surface area contributed by atoms with Gasteiger partial charge in [-0.1, -0.05) is 29.8 Å². The zero-order chi connectivity index (χ0) is 16.1. The molecule has 0 saturated heterocycles. The molecule has 116 valence electrons. The molecule has 0 heterocycles. The second-order valence-corrected chi connectivity index (χ2v) is 5.45. The van der Waals surface area contributed by atoms with Crippen LogP contribution in [-0.4, -0.2) is 17.1 Å². The van der Waals surface area contributed by atoms with Crippen LogP contribution in [0, 0.1) is 6.92 Å². The molecule has 0 radical (unpaired) electrons. The van der Waals surface area contributed by atoms with Crippen LogP contribution in [0.3, 0.4) is 0 Å². The molecule has 2 N–H and O–H groups in total. The van der Waals surface area contributed by atoms with Crippen molar-refractivity contribution in [2.45, 2.75) is 26.6 Å². The molecule has 0 spiro atoms. The SMILES string of the molecule is Cc1ccc(Cl)c(OC(C)C(=O)Nc2cccc(CO)c2)c1. The van der Waals surface area contributed by atoms with Crippen molar-refractivity contribution in [3.8, 4) is 5.75 Å². The van der Waals surface area contributed by atoms with E-state index < -0.39 is 6.10 Å². The van der Waals surface area contributed by atoms with Crippen molar-refractivity contribution in [1.82, 2.24) is 0 Å². The van der Waals surface area contributed by atoms with Crippen LogP contribution >= 0.6 is 11.6 Å². The maximum absolute atomic E-state index is 12.2. The fourth-order valence-electron chi connectivity index (χ4n) is 1.94. The zero-order valence-corrected chi connectivity index (χ0v) is 13.2. The van der Waals surface area contributed by atoms with Gasteiger partial charge in [0.1, 0.15) is 5.75 Å². The molecular formula is C17H18ClNO3. The van der Waals surface area contributed by atoms with E-state index >= 15 is 0 Å². The van der Waals surface area contributed by atoms with E-state index in [1.807, 2.05) is 13.0 Å². The summed E-state index contributed by atoms with van der Waals surface area (Å²) in [4.78, 5) is 12.2. The van der Waals surface area contributed by atoms with Gasteiger partial charge in [0.2, 0.25) is 0 Å². The number of hydrogen-bond acceptors (Lipinski definition) is 3. The summed E-state index contributed by atoms with van der Waals surface area (Å²) < 4.78 is 5.62.